The van der Waals surface area contributed by atoms with Crippen LogP contribution >= 0.6 is 11.6 Å². The van der Waals surface area contributed by atoms with Gasteiger partial charge < -0.3 is 10.5 Å². The van der Waals surface area contributed by atoms with Crippen molar-refractivity contribution in [3.63, 3.8) is 0 Å². The fourth-order valence-corrected chi connectivity index (χ4v) is 3.87. The summed E-state index contributed by atoms with van der Waals surface area (Å²) in [5.74, 6) is -2.21. The van der Waals surface area contributed by atoms with Gasteiger partial charge in [-0.1, -0.05) is 55.8 Å². The van der Waals surface area contributed by atoms with Gasteiger partial charge in [-0.25, -0.2) is 8.42 Å². The highest BCUT2D eigenvalue weighted by atomic mass is 35.5. The normalized spacial score (nSPS) is 13.7. The van der Waals surface area contributed by atoms with Crippen molar-refractivity contribution in [3.8, 4) is 0 Å². The molecule has 0 aliphatic carbocycles. The van der Waals surface area contributed by atoms with E-state index < -0.39 is 40.0 Å². The van der Waals surface area contributed by atoms with Crippen LogP contribution in [0.5, 0.6) is 0 Å². The highest BCUT2D eigenvalue weighted by molar-refractivity contribution is 7.89. The molecular formula is C19H21ClN2O5S. The number of nitrogens with two attached hydrogens (primary N) is 1. The molecule has 1 unspecified atom stereocenters. The molecule has 0 bridgehead atoms. The summed E-state index contributed by atoms with van der Waals surface area (Å²) in [4.78, 5) is 24.4. The zero-order chi connectivity index (χ0) is 20.9. The topological polar surface area (TPSA) is 116 Å². The van der Waals surface area contributed by atoms with Gasteiger partial charge in [0.2, 0.25) is 16.1 Å². The van der Waals surface area contributed by atoms with E-state index in [-0.39, 0.29) is 4.90 Å². The number of halogens is 1. The van der Waals surface area contributed by atoms with Gasteiger partial charge in [0, 0.05) is 10.6 Å². The van der Waals surface area contributed by atoms with Crippen LogP contribution in [0.15, 0.2) is 59.5 Å². The molecule has 2 aromatic carbocycles. The van der Waals surface area contributed by atoms with E-state index in [4.69, 9.17) is 22.1 Å². The molecule has 3 N–H and O–H groups in total. The van der Waals surface area contributed by atoms with Crippen LogP contribution in [0.4, 0.5) is 0 Å². The Kier molecular flexibility index (Phi) is 7.17. The molecule has 28 heavy (non-hydrogen) atoms. The highest BCUT2D eigenvalue weighted by Gasteiger charge is 2.33. The summed E-state index contributed by atoms with van der Waals surface area (Å²) in [6, 6.07) is 12.5. The zero-order valence-corrected chi connectivity index (χ0v) is 16.9. The lowest BCUT2D eigenvalue weighted by Gasteiger charge is -2.23. The molecule has 0 saturated heterocycles. The maximum Gasteiger partial charge on any atom is 0.325 e. The number of benzene rings is 2. The van der Waals surface area contributed by atoms with Gasteiger partial charge in [0.25, 0.3) is 5.91 Å². The summed E-state index contributed by atoms with van der Waals surface area (Å²) in [6.45, 7) is 3.30. The van der Waals surface area contributed by atoms with Crippen molar-refractivity contribution in [1.29, 1.82) is 0 Å². The monoisotopic (exact) mass is 424 g/mol. The van der Waals surface area contributed by atoms with E-state index in [2.05, 4.69) is 4.72 Å². The molecule has 0 radical (unpaired) electrons. The number of hydrogen-bond donors (Lipinski definition) is 2. The van der Waals surface area contributed by atoms with Crippen molar-refractivity contribution in [1.82, 2.24) is 4.72 Å². The number of carbonyl (C=O) groups is 2. The van der Waals surface area contributed by atoms with E-state index in [1.807, 2.05) is 0 Å². The number of ether oxygens (including phenoxy) is 1. The number of carbonyl (C=O) groups excluding carboxylic acids is 2. The second-order valence-corrected chi connectivity index (χ2v) is 8.58. The van der Waals surface area contributed by atoms with Crippen LogP contribution in [0.1, 0.15) is 25.5 Å². The van der Waals surface area contributed by atoms with Gasteiger partial charge in [-0.15, -0.1) is 0 Å². The second-order valence-electron chi connectivity index (χ2n) is 6.43. The van der Waals surface area contributed by atoms with E-state index in [9.17, 15) is 18.0 Å². The predicted octanol–water partition coefficient (Wildman–Crippen LogP) is 2.41. The Morgan fingerprint density at radius 1 is 1.04 bits per heavy atom. The predicted molar refractivity (Wildman–Crippen MR) is 105 cm³/mol. The summed E-state index contributed by atoms with van der Waals surface area (Å²) < 4.78 is 32.8. The molecule has 1 amide bonds. The van der Waals surface area contributed by atoms with Gasteiger partial charge >= 0.3 is 5.97 Å². The Bertz CT molecular complexity index is 931. The fourth-order valence-electron chi connectivity index (χ4n) is 2.41. The number of amides is 1. The molecule has 150 valence electrons. The molecule has 0 spiro atoms. The zero-order valence-electron chi connectivity index (χ0n) is 15.3. The smallest absolute Gasteiger partial charge is 0.325 e. The molecule has 9 heteroatoms. The summed E-state index contributed by atoms with van der Waals surface area (Å²) in [5.41, 5.74) is 5.75. The third-order valence-electron chi connectivity index (χ3n) is 3.92. The maximum absolute atomic E-state index is 12.7. The molecule has 2 atom stereocenters. The van der Waals surface area contributed by atoms with Gasteiger partial charge in [-0.05, 0) is 30.2 Å². The Morgan fingerprint density at radius 3 is 2.11 bits per heavy atom. The first kappa shape index (κ1) is 21.9. The average Bonchev–Trinajstić information content (AvgIpc) is 2.64. The van der Waals surface area contributed by atoms with Crippen molar-refractivity contribution in [3.05, 3.63) is 65.2 Å². The van der Waals surface area contributed by atoms with Crippen LogP contribution in [0.3, 0.4) is 0 Å². The minimum Gasteiger partial charge on any atom is -0.446 e. The van der Waals surface area contributed by atoms with Crippen LogP contribution < -0.4 is 10.5 Å². The molecule has 0 aliphatic rings. The molecule has 0 fully saturated rings. The first-order valence-electron chi connectivity index (χ1n) is 8.44. The average molecular weight is 425 g/mol. The number of sulfonamides is 1. The molecule has 2 aromatic rings. The standard InChI is InChI=1S/C19H21ClN2O5S/c1-12(2)16(22-28(25,26)15-10-8-14(20)9-11-15)19(24)27-17(18(21)23)13-6-4-3-5-7-13/h3-12,16-17,22H,1-2H3,(H2,21,23)/t16-,17?/m0/s1. The Balaban J connectivity index is 2.24. The molecule has 0 aliphatic heterocycles. The number of nitrogens with one attached hydrogen (secondary N) is 1. The van der Waals surface area contributed by atoms with Crippen molar-refractivity contribution < 1.29 is 22.7 Å². The van der Waals surface area contributed by atoms with Gasteiger partial charge in [0.05, 0.1) is 4.90 Å². The highest BCUT2D eigenvalue weighted by Crippen LogP contribution is 2.20. The van der Waals surface area contributed by atoms with Crippen LogP contribution in [0.2, 0.25) is 5.02 Å². The van der Waals surface area contributed by atoms with Crippen molar-refractivity contribution >= 4 is 33.5 Å². The number of rotatable bonds is 8. The van der Waals surface area contributed by atoms with Gasteiger partial charge in [-0.3, -0.25) is 9.59 Å². The van der Waals surface area contributed by atoms with Crippen LogP contribution in [-0.4, -0.2) is 26.3 Å². The summed E-state index contributed by atoms with van der Waals surface area (Å²) in [7, 11) is -4.01. The number of hydrogen-bond acceptors (Lipinski definition) is 5. The Hall–Kier alpha value is -2.42. The first-order chi connectivity index (χ1) is 13.1. The van der Waals surface area contributed by atoms with E-state index >= 15 is 0 Å². The van der Waals surface area contributed by atoms with E-state index in [0.717, 1.165) is 0 Å². The second kappa shape index (κ2) is 9.18. The van der Waals surface area contributed by atoms with Crippen LogP contribution in [-0.2, 0) is 24.3 Å². The molecular weight excluding hydrogens is 404 g/mol. The third kappa shape index (κ3) is 5.54. The van der Waals surface area contributed by atoms with Gasteiger partial charge in [-0.2, -0.15) is 4.72 Å². The molecule has 2 rings (SSSR count). The van der Waals surface area contributed by atoms with E-state index in [1.54, 1.807) is 44.2 Å². The Labute approximate surface area is 168 Å². The van der Waals surface area contributed by atoms with Crippen molar-refractivity contribution in [2.24, 2.45) is 11.7 Å². The number of primary amides is 1. The lowest BCUT2D eigenvalue weighted by atomic mass is 10.1. The van der Waals surface area contributed by atoms with E-state index in [1.165, 1.54) is 24.3 Å². The van der Waals surface area contributed by atoms with Gasteiger partial charge in [0.15, 0.2) is 0 Å². The number of esters is 1. The summed E-state index contributed by atoms with van der Waals surface area (Å²) in [5, 5.41) is 0.380. The first-order valence-corrected chi connectivity index (χ1v) is 10.3. The molecule has 0 aromatic heterocycles. The lowest BCUT2D eigenvalue weighted by molar-refractivity contribution is -0.158. The summed E-state index contributed by atoms with van der Waals surface area (Å²) in [6.07, 6.45) is -1.32. The third-order valence-corrected chi connectivity index (χ3v) is 5.63. The van der Waals surface area contributed by atoms with Crippen LogP contribution in [0, 0.1) is 5.92 Å². The minimum atomic E-state index is -4.01. The maximum atomic E-state index is 12.7. The largest absolute Gasteiger partial charge is 0.446 e. The SMILES string of the molecule is CC(C)[C@H](NS(=O)(=O)c1ccc(Cl)cc1)C(=O)OC(C(N)=O)c1ccccc1. The lowest BCUT2D eigenvalue weighted by Crippen LogP contribution is -2.46. The van der Waals surface area contributed by atoms with E-state index in [0.29, 0.717) is 10.6 Å². The van der Waals surface area contributed by atoms with Gasteiger partial charge in [0.1, 0.15) is 6.04 Å². The quantitative estimate of drug-likeness (QED) is 0.631. The van der Waals surface area contributed by atoms with Crippen molar-refractivity contribution in [2.45, 2.75) is 30.9 Å². The van der Waals surface area contributed by atoms with Crippen molar-refractivity contribution in [2.75, 3.05) is 0 Å². The molecule has 0 heterocycles. The molecule has 7 nitrogen and oxygen atoms in total. The minimum absolute atomic E-state index is 0.0511. The van der Waals surface area contributed by atoms with Crippen LogP contribution in [0.25, 0.3) is 0 Å². The fraction of sp³-hybridized carbons (Fsp3) is 0.263. The molecule has 0 saturated carbocycles. The Morgan fingerprint density at radius 2 is 1.61 bits per heavy atom. The summed E-state index contributed by atoms with van der Waals surface area (Å²) >= 11 is 5.78.